The molecule has 1 atom stereocenters. The van der Waals surface area contributed by atoms with E-state index in [-0.39, 0.29) is 17.4 Å². The SMILES string of the molecule is CCC(C)N1c2cc(N)c(N=Nc3nc(/N=C\OC)cn3C(C)=O)cc2CCC1(C)C. The van der Waals surface area contributed by atoms with Gasteiger partial charge >= 0.3 is 0 Å². The molecule has 2 aromatic rings. The van der Waals surface area contributed by atoms with Crippen LogP contribution in [0.2, 0.25) is 0 Å². The molecule has 1 aromatic heterocycles. The summed E-state index contributed by atoms with van der Waals surface area (Å²) in [6, 6.07) is 4.38. The fourth-order valence-corrected chi connectivity index (χ4v) is 3.98. The number of carbonyl (C=O) groups excluding carboxylic acids is 1. The molecule has 1 aliphatic heterocycles. The van der Waals surface area contributed by atoms with Gasteiger partial charge < -0.3 is 15.4 Å². The number of imidazole rings is 1. The molecule has 0 amide bonds. The number of aromatic nitrogens is 2. The maximum absolute atomic E-state index is 11.9. The monoisotopic (exact) mass is 425 g/mol. The Labute approximate surface area is 183 Å². The molecule has 31 heavy (non-hydrogen) atoms. The van der Waals surface area contributed by atoms with Gasteiger partial charge in [0.15, 0.2) is 12.2 Å². The number of nitrogen functional groups attached to an aromatic ring is 1. The van der Waals surface area contributed by atoms with E-state index in [1.54, 1.807) is 0 Å². The Kier molecular flexibility index (Phi) is 6.42. The normalized spacial score (nSPS) is 16.6. The minimum Gasteiger partial charge on any atom is -0.486 e. The van der Waals surface area contributed by atoms with E-state index in [9.17, 15) is 4.79 Å². The summed E-state index contributed by atoms with van der Waals surface area (Å²) in [4.78, 5) is 22.6. The third-order valence-corrected chi connectivity index (χ3v) is 5.73. The van der Waals surface area contributed by atoms with Gasteiger partial charge in [0.2, 0.25) is 5.91 Å². The van der Waals surface area contributed by atoms with Crippen molar-refractivity contribution < 1.29 is 9.53 Å². The van der Waals surface area contributed by atoms with Crippen molar-refractivity contribution in [2.24, 2.45) is 15.2 Å². The molecule has 9 nitrogen and oxygen atoms in total. The maximum Gasteiger partial charge on any atom is 0.258 e. The van der Waals surface area contributed by atoms with E-state index in [2.05, 4.69) is 52.8 Å². The van der Waals surface area contributed by atoms with Crippen LogP contribution in [0.4, 0.5) is 28.8 Å². The molecule has 0 fully saturated rings. The van der Waals surface area contributed by atoms with Crippen molar-refractivity contribution in [2.45, 2.75) is 65.5 Å². The summed E-state index contributed by atoms with van der Waals surface area (Å²) < 4.78 is 6.09. The number of rotatable bonds is 6. The molecule has 0 radical (unpaired) electrons. The summed E-state index contributed by atoms with van der Waals surface area (Å²) in [6.45, 7) is 10.4. The van der Waals surface area contributed by atoms with Gasteiger partial charge in [-0.1, -0.05) is 6.92 Å². The van der Waals surface area contributed by atoms with Gasteiger partial charge in [0.05, 0.1) is 19.0 Å². The second-order valence-electron chi connectivity index (χ2n) is 8.44. The van der Waals surface area contributed by atoms with Gasteiger partial charge in [-0.3, -0.25) is 9.36 Å². The first-order valence-corrected chi connectivity index (χ1v) is 10.5. The Hall–Kier alpha value is -3.23. The van der Waals surface area contributed by atoms with E-state index in [0.29, 0.717) is 23.2 Å². The average molecular weight is 426 g/mol. The van der Waals surface area contributed by atoms with Crippen molar-refractivity contribution in [3.05, 3.63) is 23.9 Å². The smallest absolute Gasteiger partial charge is 0.258 e. The van der Waals surface area contributed by atoms with Crippen LogP contribution in [-0.2, 0) is 11.2 Å². The number of hydrogen-bond acceptors (Lipinski definition) is 8. The number of azo groups is 1. The van der Waals surface area contributed by atoms with Crippen LogP contribution in [-0.4, -0.2) is 40.5 Å². The van der Waals surface area contributed by atoms with Crippen molar-refractivity contribution in [3.8, 4) is 0 Å². The van der Waals surface area contributed by atoms with Crippen LogP contribution in [0, 0.1) is 0 Å². The fraction of sp³-hybridized carbons (Fsp3) is 0.500. The lowest BCUT2D eigenvalue weighted by atomic mass is 9.85. The molecule has 0 saturated carbocycles. The number of aryl methyl sites for hydroxylation is 1. The largest absolute Gasteiger partial charge is 0.486 e. The summed E-state index contributed by atoms with van der Waals surface area (Å²) in [5.41, 5.74) is 9.86. The highest BCUT2D eigenvalue weighted by atomic mass is 16.5. The summed E-state index contributed by atoms with van der Waals surface area (Å²) in [5.74, 6) is 0.191. The highest BCUT2D eigenvalue weighted by Gasteiger charge is 2.35. The van der Waals surface area contributed by atoms with E-state index >= 15 is 0 Å². The van der Waals surface area contributed by atoms with Crippen molar-refractivity contribution in [1.82, 2.24) is 9.55 Å². The van der Waals surface area contributed by atoms with E-state index in [4.69, 9.17) is 10.5 Å². The highest BCUT2D eigenvalue weighted by Crippen LogP contribution is 2.42. The average Bonchev–Trinajstić information content (AvgIpc) is 3.13. The fourth-order valence-electron chi connectivity index (χ4n) is 3.98. The van der Waals surface area contributed by atoms with E-state index in [1.165, 1.54) is 36.8 Å². The van der Waals surface area contributed by atoms with E-state index in [1.807, 2.05) is 12.1 Å². The summed E-state index contributed by atoms with van der Waals surface area (Å²) >= 11 is 0. The number of carbonyl (C=O) groups is 1. The molecule has 1 aliphatic rings. The molecular formula is C22H31N7O2. The lowest BCUT2D eigenvalue weighted by Gasteiger charge is -2.48. The summed E-state index contributed by atoms with van der Waals surface area (Å²) in [7, 11) is 1.48. The van der Waals surface area contributed by atoms with Crippen LogP contribution in [0.1, 0.15) is 57.8 Å². The minimum absolute atomic E-state index is 0.0588. The summed E-state index contributed by atoms with van der Waals surface area (Å²) in [5, 5.41) is 8.49. The van der Waals surface area contributed by atoms with Gasteiger partial charge in [0.25, 0.3) is 5.95 Å². The number of benzene rings is 1. The van der Waals surface area contributed by atoms with Gasteiger partial charge in [-0.25, -0.2) is 0 Å². The highest BCUT2D eigenvalue weighted by molar-refractivity contribution is 5.80. The van der Waals surface area contributed by atoms with Crippen molar-refractivity contribution in [1.29, 1.82) is 0 Å². The third kappa shape index (κ3) is 4.60. The van der Waals surface area contributed by atoms with Crippen molar-refractivity contribution in [3.63, 3.8) is 0 Å². The van der Waals surface area contributed by atoms with Crippen LogP contribution in [0.25, 0.3) is 0 Å². The number of hydrogen-bond donors (Lipinski definition) is 1. The predicted molar refractivity (Wildman–Crippen MR) is 123 cm³/mol. The predicted octanol–water partition coefficient (Wildman–Crippen LogP) is 5.18. The Morgan fingerprint density at radius 1 is 1.39 bits per heavy atom. The lowest BCUT2D eigenvalue weighted by Crippen LogP contribution is -2.52. The van der Waals surface area contributed by atoms with E-state index in [0.717, 1.165) is 24.9 Å². The van der Waals surface area contributed by atoms with Crippen LogP contribution >= 0.6 is 0 Å². The van der Waals surface area contributed by atoms with Crippen LogP contribution in [0.5, 0.6) is 0 Å². The Morgan fingerprint density at radius 3 is 2.77 bits per heavy atom. The first-order valence-electron chi connectivity index (χ1n) is 10.5. The van der Waals surface area contributed by atoms with Crippen LogP contribution in [0.3, 0.4) is 0 Å². The third-order valence-electron chi connectivity index (χ3n) is 5.73. The standard InChI is InChI=1S/C22H31N7O2/c1-7-14(2)29-19-11-17(23)18(10-16(19)8-9-22(29,4)5)26-27-21-25-20(24-13-31-6)12-28(21)15(3)30/h10-14H,7-9,23H2,1-6H3/b24-13-,27-26?. The molecule has 2 heterocycles. The minimum atomic E-state index is -0.245. The number of ether oxygens (including phenoxy) is 1. The summed E-state index contributed by atoms with van der Waals surface area (Å²) in [6.07, 6.45) is 5.75. The molecule has 0 spiro atoms. The molecule has 0 bridgehead atoms. The van der Waals surface area contributed by atoms with Gasteiger partial charge in [0.1, 0.15) is 5.69 Å². The Balaban J connectivity index is 1.98. The van der Waals surface area contributed by atoms with Crippen LogP contribution in [0.15, 0.2) is 33.6 Å². The number of fused-ring (bicyclic) bond motifs is 1. The quantitative estimate of drug-likeness (QED) is 0.297. The molecule has 166 valence electrons. The zero-order chi connectivity index (χ0) is 22.8. The van der Waals surface area contributed by atoms with E-state index < -0.39 is 0 Å². The molecular weight excluding hydrogens is 394 g/mol. The van der Waals surface area contributed by atoms with Crippen LogP contribution < -0.4 is 10.6 Å². The maximum atomic E-state index is 11.9. The van der Waals surface area contributed by atoms with Gasteiger partial charge in [-0.2, -0.15) is 9.98 Å². The Bertz CT molecular complexity index is 1020. The van der Waals surface area contributed by atoms with Gasteiger partial charge in [0, 0.05) is 24.2 Å². The molecule has 2 N–H and O–H groups in total. The first kappa shape index (κ1) is 22.5. The topological polar surface area (TPSA) is 110 Å². The second-order valence-corrected chi connectivity index (χ2v) is 8.44. The van der Waals surface area contributed by atoms with Crippen molar-refractivity contribution >= 4 is 41.1 Å². The Morgan fingerprint density at radius 2 is 2.13 bits per heavy atom. The van der Waals surface area contributed by atoms with Gasteiger partial charge in [-0.15, -0.1) is 10.2 Å². The number of nitrogens with zero attached hydrogens (tertiary/aromatic N) is 6. The number of methoxy groups -OCH3 is 1. The molecule has 3 rings (SSSR count). The molecule has 0 aliphatic carbocycles. The molecule has 1 unspecified atom stereocenters. The zero-order valence-electron chi connectivity index (χ0n) is 19.1. The molecule has 0 saturated heterocycles. The molecule has 1 aromatic carbocycles. The number of nitrogens with two attached hydrogens (primary N) is 1. The first-order chi connectivity index (χ1) is 14.7. The molecule has 9 heteroatoms. The number of anilines is 2. The lowest BCUT2D eigenvalue weighted by molar-refractivity contribution is 0.0938. The zero-order valence-corrected chi connectivity index (χ0v) is 19.1. The van der Waals surface area contributed by atoms with Gasteiger partial charge in [-0.05, 0) is 57.7 Å². The second kappa shape index (κ2) is 8.87. The number of aliphatic imine (C=N–C) groups is 1. The van der Waals surface area contributed by atoms with Crippen molar-refractivity contribution in [2.75, 3.05) is 17.7 Å².